The fourth-order valence-electron chi connectivity index (χ4n) is 3.94. The van der Waals surface area contributed by atoms with Gasteiger partial charge in [-0.1, -0.05) is 0 Å². The highest BCUT2D eigenvalue weighted by molar-refractivity contribution is 5.83. The van der Waals surface area contributed by atoms with Crippen LogP contribution in [0.5, 0.6) is 11.9 Å². The lowest BCUT2D eigenvalue weighted by molar-refractivity contribution is -0.153. The van der Waals surface area contributed by atoms with Gasteiger partial charge in [0, 0.05) is 19.2 Å². The predicted octanol–water partition coefficient (Wildman–Crippen LogP) is 3.06. The van der Waals surface area contributed by atoms with Crippen molar-refractivity contribution in [3.8, 4) is 11.9 Å². The molecule has 11 heteroatoms. The maximum Gasteiger partial charge on any atom is 0.422 e. The van der Waals surface area contributed by atoms with Gasteiger partial charge in [-0.2, -0.15) is 23.1 Å². The molecule has 0 spiro atoms. The van der Waals surface area contributed by atoms with Crippen molar-refractivity contribution < 1.29 is 31.4 Å². The monoisotopic (exact) mass is 404 g/mol. The van der Waals surface area contributed by atoms with E-state index in [9.17, 15) is 22.0 Å². The Kier molecular flexibility index (Phi) is 4.72. The van der Waals surface area contributed by atoms with Gasteiger partial charge in [-0.3, -0.25) is 9.88 Å². The first-order chi connectivity index (χ1) is 13.3. The summed E-state index contributed by atoms with van der Waals surface area (Å²) >= 11 is 0. The predicted molar refractivity (Wildman–Crippen MR) is 87.4 cm³/mol. The average molecular weight is 404 g/mol. The molecule has 2 atom stereocenters. The molecule has 152 valence electrons. The summed E-state index contributed by atoms with van der Waals surface area (Å²) in [7, 11) is 0. The highest BCUT2D eigenvalue weighted by atomic mass is 19.4. The van der Waals surface area contributed by atoms with Crippen LogP contribution >= 0.6 is 0 Å². The van der Waals surface area contributed by atoms with Crippen LogP contribution in [0.1, 0.15) is 19.3 Å². The Bertz CT molecular complexity index is 880. The number of hydrogen-bond acceptors (Lipinski definition) is 6. The van der Waals surface area contributed by atoms with Crippen molar-refractivity contribution in [2.45, 2.75) is 37.1 Å². The molecule has 2 aromatic heterocycles. The van der Waals surface area contributed by atoms with Gasteiger partial charge in [0.2, 0.25) is 5.88 Å². The van der Waals surface area contributed by atoms with Gasteiger partial charge >= 0.3 is 12.2 Å². The molecule has 28 heavy (non-hydrogen) atoms. The van der Waals surface area contributed by atoms with E-state index in [0.29, 0.717) is 13.0 Å². The van der Waals surface area contributed by atoms with Gasteiger partial charge in [-0.05, 0) is 19.4 Å². The summed E-state index contributed by atoms with van der Waals surface area (Å²) in [5, 5.41) is -0.0954. The van der Waals surface area contributed by atoms with E-state index in [1.165, 1.54) is 0 Å². The quantitative estimate of drug-likeness (QED) is 0.714. The van der Waals surface area contributed by atoms with E-state index in [0.717, 1.165) is 31.8 Å². The second-order valence-corrected chi connectivity index (χ2v) is 7.10. The van der Waals surface area contributed by atoms with Crippen molar-refractivity contribution >= 4 is 10.9 Å². The SMILES string of the molecule is Fc1cncc2c(OCC(F)(F)F)nc(OC[C@@]34CCCN3C[C@H](F)C4)nc12. The van der Waals surface area contributed by atoms with Crippen LogP contribution in [-0.2, 0) is 0 Å². The van der Waals surface area contributed by atoms with Crippen LogP contribution in [0, 0.1) is 5.82 Å². The zero-order valence-electron chi connectivity index (χ0n) is 14.7. The second kappa shape index (κ2) is 6.94. The molecule has 0 bridgehead atoms. The number of nitrogens with zero attached hydrogens (tertiary/aromatic N) is 4. The highest BCUT2D eigenvalue weighted by Gasteiger charge is 2.49. The van der Waals surface area contributed by atoms with Crippen molar-refractivity contribution in [3.63, 3.8) is 0 Å². The van der Waals surface area contributed by atoms with Crippen LogP contribution in [0.2, 0.25) is 0 Å². The molecule has 0 aliphatic carbocycles. The molecule has 4 rings (SSSR count). The van der Waals surface area contributed by atoms with Crippen LogP contribution in [0.3, 0.4) is 0 Å². The van der Waals surface area contributed by atoms with Gasteiger partial charge in [0.25, 0.3) is 0 Å². The molecule has 0 N–H and O–H groups in total. The smallest absolute Gasteiger partial charge is 0.422 e. The fraction of sp³-hybridized carbons (Fsp3) is 0.588. The summed E-state index contributed by atoms with van der Waals surface area (Å²) in [5.41, 5.74) is -0.755. The third-order valence-corrected chi connectivity index (χ3v) is 5.11. The first-order valence-corrected chi connectivity index (χ1v) is 8.78. The highest BCUT2D eigenvalue weighted by Crippen LogP contribution is 2.40. The van der Waals surface area contributed by atoms with Crippen LogP contribution < -0.4 is 9.47 Å². The summed E-state index contributed by atoms with van der Waals surface area (Å²) in [6.45, 7) is -0.467. The van der Waals surface area contributed by atoms with E-state index in [1.54, 1.807) is 0 Å². The van der Waals surface area contributed by atoms with E-state index in [2.05, 4.69) is 15.0 Å². The molecular formula is C17H17F5N4O2. The van der Waals surface area contributed by atoms with Crippen LogP contribution in [0.4, 0.5) is 22.0 Å². The molecule has 2 fully saturated rings. The maximum atomic E-state index is 14.1. The Morgan fingerprint density at radius 3 is 2.82 bits per heavy atom. The van der Waals surface area contributed by atoms with Gasteiger partial charge in [-0.25, -0.2) is 8.78 Å². The number of halogens is 5. The summed E-state index contributed by atoms with van der Waals surface area (Å²) in [6.07, 6.45) is -1.62. The number of aromatic nitrogens is 3. The van der Waals surface area contributed by atoms with Crippen LogP contribution in [0.25, 0.3) is 10.9 Å². The topological polar surface area (TPSA) is 60.4 Å². The van der Waals surface area contributed by atoms with Crippen molar-refractivity contribution in [1.82, 2.24) is 19.9 Å². The largest absolute Gasteiger partial charge is 0.467 e. The minimum absolute atomic E-state index is 0.0599. The normalized spacial score (nSPS) is 25.2. The summed E-state index contributed by atoms with van der Waals surface area (Å²) in [5.74, 6) is -1.31. The molecule has 2 aliphatic rings. The lowest BCUT2D eigenvalue weighted by atomic mass is 9.95. The number of alkyl halides is 4. The van der Waals surface area contributed by atoms with Gasteiger partial charge in [0.05, 0.1) is 17.1 Å². The Labute approximate surface area is 156 Å². The molecule has 6 nitrogen and oxygen atoms in total. The lowest BCUT2D eigenvalue weighted by Gasteiger charge is -2.30. The number of ether oxygens (including phenoxy) is 2. The molecule has 2 aliphatic heterocycles. The third kappa shape index (κ3) is 3.67. The van der Waals surface area contributed by atoms with E-state index in [-0.39, 0.29) is 23.5 Å². The van der Waals surface area contributed by atoms with Crippen LogP contribution in [-0.4, -0.2) is 64.0 Å². The van der Waals surface area contributed by atoms with Gasteiger partial charge in [0.15, 0.2) is 12.4 Å². The summed E-state index contributed by atoms with van der Waals surface area (Å²) in [6, 6.07) is -0.321. The third-order valence-electron chi connectivity index (χ3n) is 5.11. The molecule has 0 aromatic carbocycles. The average Bonchev–Trinajstić information content (AvgIpc) is 3.13. The minimum Gasteiger partial charge on any atom is -0.467 e. The Hall–Kier alpha value is -2.30. The maximum absolute atomic E-state index is 14.1. The molecule has 2 saturated heterocycles. The number of rotatable bonds is 5. The zero-order valence-corrected chi connectivity index (χ0v) is 14.7. The Morgan fingerprint density at radius 1 is 1.21 bits per heavy atom. The number of hydrogen-bond donors (Lipinski definition) is 0. The minimum atomic E-state index is -4.59. The first-order valence-electron chi connectivity index (χ1n) is 8.78. The van der Waals surface area contributed by atoms with Gasteiger partial charge in [0.1, 0.15) is 18.3 Å². The van der Waals surface area contributed by atoms with E-state index >= 15 is 0 Å². The van der Waals surface area contributed by atoms with E-state index in [4.69, 9.17) is 9.47 Å². The molecule has 0 radical (unpaired) electrons. The number of pyridine rings is 1. The summed E-state index contributed by atoms with van der Waals surface area (Å²) in [4.78, 5) is 13.4. The molecular weight excluding hydrogens is 387 g/mol. The molecule has 0 unspecified atom stereocenters. The molecule has 0 saturated carbocycles. The van der Waals surface area contributed by atoms with E-state index in [1.807, 2.05) is 4.90 Å². The first kappa shape index (κ1) is 19.0. The molecule has 2 aromatic rings. The zero-order chi connectivity index (χ0) is 19.9. The second-order valence-electron chi connectivity index (χ2n) is 7.10. The van der Waals surface area contributed by atoms with E-state index < -0.39 is 36.2 Å². The van der Waals surface area contributed by atoms with Crippen molar-refractivity contribution in [1.29, 1.82) is 0 Å². The molecule has 0 amide bonds. The van der Waals surface area contributed by atoms with Crippen molar-refractivity contribution in [3.05, 3.63) is 18.2 Å². The van der Waals surface area contributed by atoms with Gasteiger partial charge in [-0.15, -0.1) is 0 Å². The number of fused-ring (bicyclic) bond motifs is 2. The Balaban J connectivity index is 1.61. The van der Waals surface area contributed by atoms with Gasteiger partial charge < -0.3 is 9.47 Å². The summed E-state index contributed by atoms with van der Waals surface area (Å²) < 4.78 is 75.8. The lowest BCUT2D eigenvalue weighted by Crippen LogP contribution is -2.43. The molecule has 4 heterocycles. The standard InChI is InChI=1S/C17H17F5N4O2/c18-10-4-16(2-1-3-26(16)7-10)8-28-15-24-13-11(5-23-6-12(13)19)14(25-15)27-9-17(20,21)22/h5-6,10H,1-4,7-9H2/t10-,16+/m1/s1. The van der Waals surface area contributed by atoms with Crippen molar-refractivity contribution in [2.24, 2.45) is 0 Å². The Morgan fingerprint density at radius 2 is 2.04 bits per heavy atom. The fourth-order valence-corrected chi connectivity index (χ4v) is 3.94. The van der Waals surface area contributed by atoms with Crippen LogP contribution in [0.15, 0.2) is 12.4 Å². The van der Waals surface area contributed by atoms with Crippen molar-refractivity contribution in [2.75, 3.05) is 26.3 Å².